The van der Waals surface area contributed by atoms with Crippen LogP contribution in [0.15, 0.2) is 30.3 Å². The zero-order chi connectivity index (χ0) is 14.3. The summed E-state index contributed by atoms with van der Waals surface area (Å²) in [5, 5.41) is 3.87. The van der Waals surface area contributed by atoms with Crippen LogP contribution < -0.4 is 5.32 Å². The minimum atomic E-state index is 0.619. The van der Waals surface area contributed by atoms with Gasteiger partial charge in [-0.25, -0.2) is 0 Å². The second-order valence-corrected chi connectivity index (χ2v) is 7.87. The van der Waals surface area contributed by atoms with E-state index in [2.05, 4.69) is 47.5 Å². The SMILES string of the molecule is CC1CCN(CC2(CN[C@H]3C[C@@H]3c3ccccc3)CC2)C1. The second kappa shape index (κ2) is 5.40. The van der Waals surface area contributed by atoms with Gasteiger partial charge in [-0.15, -0.1) is 0 Å². The van der Waals surface area contributed by atoms with Crippen LogP contribution in [0.25, 0.3) is 0 Å². The fourth-order valence-electron chi connectivity index (χ4n) is 4.05. The molecular weight excluding hydrogens is 256 g/mol. The third-order valence-electron chi connectivity index (χ3n) is 5.78. The van der Waals surface area contributed by atoms with E-state index in [0.29, 0.717) is 5.41 Å². The quantitative estimate of drug-likeness (QED) is 0.862. The Bertz CT molecular complexity index is 480. The lowest BCUT2D eigenvalue weighted by Crippen LogP contribution is -2.36. The molecule has 2 nitrogen and oxygen atoms in total. The maximum atomic E-state index is 3.87. The Kier molecular flexibility index (Phi) is 3.55. The first-order chi connectivity index (χ1) is 10.2. The monoisotopic (exact) mass is 284 g/mol. The molecule has 1 unspecified atom stereocenters. The number of hydrogen-bond donors (Lipinski definition) is 1. The third-order valence-corrected chi connectivity index (χ3v) is 5.78. The van der Waals surface area contributed by atoms with Crippen LogP contribution in [0.5, 0.6) is 0 Å². The average Bonchev–Trinajstić information content (AvgIpc) is 3.39. The highest BCUT2D eigenvalue weighted by Crippen LogP contribution is 2.48. The van der Waals surface area contributed by atoms with Crippen LogP contribution >= 0.6 is 0 Å². The van der Waals surface area contributed by atoms with Crippen LogP contribution in [0.3, 0.4) is 0 Å². The van der Waals surface area contributed by atoms with Gasteiger partial charge in [-0.3, -0.25) is 0 Å². The summed E-state index contributed by atoms with van der Waals surface area (Å²) in [4.78, 5) is 2.71. The van der Waals surface area contributed by atoms with Crippen molar-refractivity contribution in [1.29, 1.82) is 0 Å². The van der Waals surface area contributed by atoms with Crippen LogP contribution in [-0.2, 0) is 0 Å². The maximum absolute atomic E-state index is 3.87. The van der Waals surface area contributed by atoms with Crippen LogP contribution in [-0.4, -0.2) is 37.1 Å². The fraction of sp³-hybridized carbons (Fsp3) is 0.684. The molecule has 0 radical (unpaired) electrons. The van der Waals surface area contributed by atoms with E-state index >= 15 is 0 Å². The lowest BCUT2D eigenvalue weighted by Gasteiger charge is -2.23. The fourth-order valence-corrected chi connectivity index (χ4v) is 4.05. The summed E-state index contributed by atoms with van der Waals surface area (Å²) in [5.41, 5.74) is 2.14. The minimum Gasteiger partial charge on any atom is -0.313 e. The summed E-state index contributed by atoms with van der Waals surface area (Å²) in [6.07, 6.45) is 5.62. The van der Waals surface area contributed by atoms with Crippen molar-refractivity contribution in [2.75, 3.05) is 26.2 Å². The largest absolute Gasteiger partial charge is 0.313 e. The van der Waals surface area contributed by atoms with Gasteiger partial charge in [0, 0.05) is 31.6 Å². The van der Waals surface area contributed by atoms with E-state index in [1.54, 1.807) is 0 Å². The summed E-state index contributed by atoms with van der Waals surface area (Å²) < 4.78 is 0. The van der Waals surface area contributed by atoms with Crippen LogP contribution in [0.4, 0.5) is 0 Å². The lowest BCUT2D eigenvalue weighted by atomic mass is 10.1. The summed E-state index contributed by atoms with van der Waals surface area (Å²) in [6, 6.07) is 11.8. The first kappa shape index (κ1) is 13.8. The van der Waals surface area contributed by atoms with Gasteiger partial charge >= 0.3 is 0 Å². The molecule has 0 spiro atoms. The van der Waals surface area contributed by atoms with E-state index in [1.807, 2.05) is 0 Å². The molecule has 1 aromatic carbocycles. The number of benzene rings is 1. The van der Waals surface area contributed by atoms with Gasteiger partial charge in [0.1, 0.15) is 0 Å². The first-order valence-corrected chi connectivity index (χ1v) is 8.75. The van der Waals surface area contributed by atoms with Gasteiger partial charge in [0.2, 0.25) is 0 Å². The van der Waals surface area contributed by atoms with Gasteiger partial charge in [-0.05, 0) is 49.1 Å². The summed E-state index contributed by atoms with van der Waals surface area (Å²) in [7, 11) is 0. The zero-order valence-corrected chi connectivity index (χ0v) is 13.2. The predicted octanol–water partition coefficient (Wildman–Crippen LogP) is 3.25. The Hall–Kier alpha value is -0.860. The number of rotatable bonds is 6. The highest BCUT2D eigenvalue weighted by molar-refractivity contribution is 5.27. The molecule has 21 heavy (non-hydrogen) atoms. The topological polar surface area (TPSA) is 15.3 Å². The molecule has 1 aliphatic heterocycles. The molecule has 2 aliphatic carbocycles. The molecular formula is C19H28N2. The molecule has 1 heterocycles. The molecule has 0 amide bonds. The van der Waals surface area contributed by atoms with Crippen molar-refractivity contribution in [3.05, 3.63) is 35.9 Å². The molecule has 2 saturated carbocycles. The Morgan fingerprint density at radius 1 is 1.24 bits per heavy atom. The number of nitrogens with one attached hydrogen (secondary N) is 1. The van der Waals surface area contributed by atoms with Crippen LogP contribution in [0.1, 0.15) is 44.1 Å². The number of likely N-dealkylation sites (tertiary alicyclic amines) is 1. The normalized spacial score (nSPS) is 34.0. The lowest BCUT2D eigenvalue weighted by molar-refractivity contribution is 0.251. The highest BCUT2D eigenvalue weighted by atomic mass is 15.2. The van der Waals surface area contributed by atoms with Gasteiger partial charge in [0.15, 0.2) is 0 Å². The predicted molar refractivity (Wildman–Crippen MR) is 87.5 cm³/mol. The van der Waals surface area contributed by atoms with Crippen LogP contribution in [0.2, 0.25) is 0 Å². The van der Waals surface area contributed by atoms with E-state index in [-0.39, 0.29) is 0 Å². The van der Waals surface area contributed by atoms with Crippen molar-refractivity contribution in [3.8, 4) is 0 Å². The minimum absolute atomic E-state index is 0.619. The van der Waals surface area contributed by atoms with Crippen molar-refractivity contribution >= 4 is 0 Å². The van der Waals surface area contributed by atoms with Crippen molar-refractivity contribution in [2.45, 2.75) is 44.6 Å². The molecule has 1 saturated heterocycles. The zero-order valence-electron chi connectivity index (χ0n) is 13.2. The molecule has 1 N–H and O–H groups in total. The molecule has 114 valence electrons. The third kappa shape index (κ3) is 3.17. The van der Waals surface area contributed by atoms with Gasteiger partial charge in [0.25, 0.3) is 0 Å². The van der Waals surface area contributed by atoms with E-state index in [0.717, 1.165) is 17.9 Å². The number of hydrogen-bond acceptors (Lipinski definition) is 2. The maximum Gasteiger partial charge on any atom is 0.0143 e. The Morgan fingerprint density at radius 3 is 2.71 bits per heavy atom. The van der Waals surface area contributed by atoms with Crippen LogP contribution in [0, 0.1) is 11.3 Å². The molecule has 3 atom stereocenters. The number of nitrogens with zero attached hydrogens (tertiary/aromatic N) is 1. The van der Waals surface area contributed by atoms with Gasteiger partial charge in [0.05, 0.1) is 0 Å². The standard InChI is InChI=1S/C19H28N2/c1-15-7-10-21(12-15)14-19(8-9-19)13-20-18-11-17(18)16-5-3-2-4-6-16/h2-6,15,17-18,20H,7-14H2,1H3/t15?,17-,18+/m1/s1. The van der Waals surface area contributed by atoms with Crippen molar-refractivity contribution < 1.29 is 0 Å². The highest BCUT2D eigenvalue weighted by Gasteiger charge is 2.46. The molecule has 1 aromatic rings. The molecule has 3 aliphatic rings. The smallest absolute Gasteiger partial charge is 0.0143 e. The van der Waals surface area contributed by atoms with E-state index < -0.39 is 0 Å². The van der Waals surface area contributed by atoms with Crippen molar-refractivity contribution in [2.24, 2.45) is 11.3 Å². The molecule has 4 rings (SSSR count). The average molecular weight is 284 g/mol. The van der Waals surface area contributed by atoms with E-state index in [1.165, 1.54) is 57.4 Å². The van der Waals surface area contributed by atoms with Crippen molar-refractivity contribution in [3.63, 3.8) is 0 Å². The molecule has 3 fully saturated rings. The first-order valence-electron chi connectivity index (χ1n) is 8.75. The van der Waals surface area contributed by atoms with E-state index in [4.69, 9.17) is 0 Å². The Morgan fingerprint density at radius 2 is 2.05 bits per heavy atom. The second-order valence-electron chi connectivity index (χ2n) is 7.87. The summed E-state index contributed by atoms with van der Waals surface area (Å²) >= 11 is 0. The molecule has 2 heteroatoms. The van der Waals surface area contributed by atoms with E-state index in [9.17, 15) is 0 Å². The van der Waals surface area contributed by atoms with Gasteiger partial charge in [-0.1, -0.05) is 37.3 Å². The molecule has 0 bridgehead atoms. The summed E-state index contributed by atoms with van der Waals surface area (Å²) in [6.45, 7) is 7.64. The Balaban J connectivity index is 1.24. The Labute approximate surface area is 128 Å². The van der Waals surface area contributed by atoms with Gasteiger partial charge in [-0.2, -0.15) is 0 Å². The van der Waals surface area contributed by atoms with Gasteiger partial charge < -0.3 is 10.2 Å². The molecule has 0 aromatic heterocycles. The summed E-state index contributed by atoms with van der Waals surface area (Å²) in [5.74, 6) is 1.69. The van der Waals surface area contributed by atoms with Crippen molar-refractivity contribution in [1.82, 2.24) is 10.2 Å².